The molecule has 106 valence electrons. The normalized spacial score (nSPS) is 12.2. The van der Waals surface area contributed by atoms with Crippen LogP contribution in [0.3, 0.4) is 0 Å². The van der Waals surface area contributed by atoms with Crippen molar-refractivity contribution in [2.45, 2.75) is 13.0 Å². The van der Waals surface area contributed by atoms with Crippen molar-refractivity contribution in [3.8, 4) is 0 Å². The molecule has 2 rings (SSSR count). The number of aliphatic hydroxyl groups is 1. The third-order valence-corrected chi connectivity index (χ3v) is 3.36. The van der Waals surface area contributed by atoms with E-state index in [0.717, 1.165) is 15.8 Å². The SMILES string of the molecule is Cc1cccc(C(O)CNc2cnn(C)c(=O)c2Cl)c1. The standard InChI is InChI=1S/C14H16ClN3O2/c1-9-4-3-5-10(6-9)12(19)8-16-11-7-17-18(2)14(20)13(11)15/h3-7,12,16,19H,8H2,1-2H3. The van der Waals surface area contributed by atoms with Gasteiger partial charge in [0.05, 0.1) is 18.0 Å². The van der Waals surface area contributed by atoms with Gasteiger partial charge in [-0.1, -0.05) is 41.4 Å². The number of anilines is 1. The summed E-state index contributed by atoms with van der Waals surface area (Å²) in [5.74, 6) is 0. The first-order chi connectivity index (χ1) is 9.49. The average molecular weight is 294 g/mol. The maximum Gasteiger partial charge on any atom is 0.287 e. The molecular weight excluding hydrogens is 278 g/mol. The molecule has 2 N–H and O–H groups in total. The van der Waals surface area contributed by atoms with E-state index < -0.39 is 6.10 Å². The largest absolute Gasteiger partial charge is 0.387 e. The summed E-state index contributed by atoms with van der Waals surface area (Å²) in [7, 11) is 1.53. The van der Waals surface area contributed by atoms with Gasteiger partial charge in [-0.25, -0.2) is 4.68 Å². The Morgan fingerprint density at radius 1 is 1.50 bits per heavy atom. The number of halogens is 1. The molecule has 0 aliphatic rings. The van der Waals surface area contributed by atoms with Crippen LogP contribution in [-0.4, -0.2) is 21.4 Å². The van der Waals surface area contributed by atoms with Crippen LogP contribution in [-0.2, 0) is 7.05 Å². The Labute approximate surface area is 121 Å². The van der Waals surface area contributed by atoms with E-state index in [4.69, 9.17) is 11.6 Å². The fourth-order valence-electron chi connectivity index (χ4n) is 1.84. The minimum atomic E-state index is -0.685. The predicted octanol–water partition coefficient (Wildman–Crippen LogP) is 1.89. The molecule has 0 aliphatic heterocycles. The van der Waals surface area contributed by atoms with Gasteiger partial charge in [0, 0.05) is 13.6 Å². The number of rotatable bonds is 4. The third-order valence-electron chi connectivity index (χ3n) is 2.99. The smallest absolute Gasteiger partial charge is 0.287 e. The highest BCUT2D eigenvalue weighted by Gasteiger charge is 2.11. The van der Waals surface area contributed by atoms with Gasteiger partial charge < -0.3 is 10.4 Å². The first kappa shape index (κ1) is 14.6. The molecule has 0 amide bonds. The summed E-state index contributed by atoms with van der Waals surface area (Å²) >= 11 is 5.94. The molecule has 6 heteroatoms. The van der Waals surface area contributed by atoms with Crippen LogP contribution in [0.5, 0.6) is 0 Å². The van der Waals surface area contributed by atoms with Gasteiger partial charge in [0.15, 0.2) is 0 Å². The van der Waals surface area contributed by atoms with E-state index in [1.807, 2.05) is 31.2 Å². The number of benzene rings is 1. The summed E-state index contributed by atoms with van der Waals surface area (Å²) in [6.45, 7) is 2.21. The number of hydrogen-bond acceptors (Lipinski definition) is 4. The van der Waals surface area contributed by atoms with Gasteiger partial charge in [-0.15, -0.1) is 0 Å². The van der Waals surface area contributed by atoms with Gasteiger partial charge in [-0.2, -0.15) is 5.10 Å². The van der Waals surface area contributed by atoms with Crippen molar-refractivity contribution in [1.29, 1.82) is 0 Å². The van der Waals surface area contributed by atoms with Gasteiger partial charge in [0.2, 0.25) is 0 Å². The summed E-state index contributed by atoms with van der Waals surface area (Å²) in [5.41, 5.74) is 1.93. The lowest BCUT2D eigenvalue weighted by Gasteiger charge is -2.14. The summed E-state index contributed by atoms with van der Waals surface area (Å²) in [4.78, 5) is 11.6. The summed E-state index contributed by atoms with van der Waals surface area (Å²) in [6, 6.07) is 7.62. The van der Waals surface area contributed by atoms with Crippen LogP contribution in [0.15, 0.2) is 35.3 Å². The minimum absolute atomic E-state index is 0.0685. The van der Waals surface area contributed by atoms with E-state index in [0.29, 0.717) is 5.69 Å². The number of nitrogens with one attached hydrogen (secondary N) is 1. The Balaban J connectivity index is 2.09. The topological polar surface area (TPSA) is 67.2 Å². The molecule has 1 aromatic carbocycles. The molecule has 1 heterocycles. The monoisotopic (exact) mass is 293 g/mol. The maximum atomic E-state index is 11.6. The number of aromatic nitrogens is 2. The van der Waals surface area contributed by atoms with Crippen LogP contribution in [0.4, 0.5) is 5.69 Å². The Hall–Kier alpha value is -1.85. The highest BCUT2D eigenvalue weighted by Crippen LogP contribution is 2.18. The van der Waals surface area contributed by atoms with Crippen LogP contribution in [0.1, 0.15) is 17.2 Å². The molecule has 2 aromatic rings. The molecule has 5 nitrogen and oxygen atoms in total. The Morgan fingerprint density at radius 2 is 2.25 bits per heavy atom. The lowest BCUT2D eigenvalue weighted by atomic mass is 10.1. The number of hydrogen-bond donors (Lipinski definition) is 2. The quantitative estimate of drug-likeness (QED) is 0.903. The summed E-state index contributed by atoms with van der Waals surface area (Å²) in [6.07, 6.45) is 0.780. The summed E-state index contributed by atoms with van der Waals surface area (Å²) < 4.78 is 1.16. The molecule has 1 aromatic heterocycles. The highest BCUT2D eigenvalue weighted by molar-refractivity contribution is 6.32. The van der Waals surface area contributed by atoms with Crippen LogP contribution in [0, 0.1) is 6.92 Å². The maximum absolute atomic E-state index is 11.6. The van der Waals surface area contributed by atoms with E-state index in [1.165, 1.54) is 13.2 Å². The zero-order valence-electron chi connectivity index (χ0n) is 11.3. The third kappa shape index (κ3) is 3.18. The van der Waals surface area contributed by atoms with Crippen molar-refractivity contribution in [3.63, 3.8) is 0 Å². The molecular formula is C14H16ClN3O2. The van der Waals surface area contributed by atoms with Crippen molar-refractivity contribution < 1.29 is 5.11 Å². The lowest BCUT2D eigenvalue weighted by Crippen LogP contribution is -2.22. The van der Waals surface area contributed by atoms with Gasteiger partial charge in [0.25, 0.3) is 5.56 Å². The molecule has 0 spiro atoms. The van der Waals surface area contributed by atoms with E-state index in [9.17, 15) is 9.90 Å². The van der Waals surface area contributed by atoms with E-state index >= 15 is 0 Å². The molecule has 0 fully saturated rings. The first-order valence-corrected chi connectivity index (χ1v) is 6.57. The van der Waals surface area contributed by atoms with E-state index in [1.54, 1.807) is 0 Å². The number of nitrogens with zero attached hydrogens (tertiary/aromatic N) is 2. The van der Waals surface area contributed by atoms with Crippen molar-refractivity contribution in [2.75, 3.05) is 11.9 Å². The average Bonchev–Trinajstić information content (AvgIpc) is 2.44. The second kappa shape index (κ2) is 6.07. The zero-order valence-corrected chi connectivity index (χ0v) is 12.1. The molecule has 0 saturated heterocycles. The second-order valence-electron chi connectivity index (χ2n) is 4.61. The van der Waals surface area contributed by atoms with Gasteiger partial charge in [-0.3, -0.25) is 4.79 Å². The number of aryl methyl sites for hydroxylation is 2. The minimum Gasteiger partial charge on any atom is -0.387 e. The Kier molecular flexibility index (Phi) is 4.42. The van der Waals surface area contributed by atoms with E-state index in [-0.39, 0.29) is 17.1 Å². The fraction of sp³-hybridized carbons (Fsp3) is 0.286. The molecule has 0 aliphatic carbocycles. The predicted molar refractivity (Wildman–Crippen MR) is 79.1 cm³/mol. The van der Waals surface area contributed by atoms with Gasteiger partial charge in [0.1, 0.15) is 5.02 Å². The Bertz CT molecular complexity index is 670. The van der Waals surface area contributed by atoms with Crippen LogP contribution < -0.4 is 10.9 Å². The van der Waals surface area contributed by atoms with Crippen molar-refractivity contribution in [1.82, 2.24) is 9.78 Å². The van der Waals surface area contributed by atoms with E-state index in [2.05, 4.69) is 10.4 Å². The van der Waals surface area contributed by atoms with Gasteiger partial charge in [-0.05, 0) is 12.5 Å². The molecule has 0 radical (unpaired) electrons. The van der Waals surface area contributed by atoms with Crippen LogP contribution >= 0.6 is 11.6 Å². The number of aliphatic hydroxyl groups excluding tert-OH is 1. The molecule has 0 bridgehead atoms. The van der Waals surface area contributed by atoms with Gasteiger partial charge >= 0.3 is 0 Å². The van der Waals surface area contributed by atoms with Crippen LogP contribution in [0.25, 0.3) is 0 Å². The Morgan fingerprint density at radius 3 is 2.95 bits per heavy atom. The zero-order chi connectivity index (χ0) is 14.7. The lowest BCUT2D eigenvalue weighted by molar-refractivity contribution is 0.191. The van der Waals surface area contributed by atoms with Crippen molar-refractivity contribution >= 4 is 17.3 Å². The first-order valence-electron chi connectivity index (χ1n) is 6.19. The molecule has 0 saturated carbocycles. The summed E-state index contributed by atoms with van der Waals surface area (Å²) in [5, 5.41) is 17.0. The molecule has 1 unspecified atom stereocenters. The second-order valence-corrected chi connectivity index (χ2v) is 4.99. The van der Waals surface area contributed by atoms with Crippen LogP contribution in [0.2, 0.25) is 5.02 Å². The highest BCUT2D eigenvalue weighted by atomic mass is 35.5. The molecule has 1 atom stereocenters. The van der Waals surface area contributed by atoms with Crippen molar-refractivity contribution in [3.05, 3.63) is 57.0 Å². The molecule has 20 heavy (non-hydrogen) atoms. The fourth-order valence-corrected chi connectivity index (χ4v) is 2.07. The van der Waals surface area contributed by atoms with Crippen molar-refractivity contribution in [2.24, 2.45) is 7.05 Å².